The van der Waals surface area contributed by atoms with Crippen LogP contribution in [0.25, 0.3) is 0 Å². The number of aromatic nitrogens is 1. The van der Waals surface area contributed by atoms with Crippen LogP contribution in [0.15, 0.2) is 6.20 Å². The van der Waals surface area contributed by atoms with Crippen molar-refractivity contribution in [2.24, 2.45) is 5.73 Å². The Bertz CT molecular complexity index is 442. The maximum Gasteiger partial charge on any atom is 0.573 e. The van der Waals surface area contributed by atoms with Crippen LogP contribution in [0.1, 0.15) is 11.3 Å². The molecule has 1 heterocycles. The topological polar surface area (TPSA) is 74.2 Å². The van der Waals surface area contributed by atoms with Gasteiger partial charge in [0.2, 0.25) is 0 Å². The first-order valence-electron chi connectivity index (χ1n) is 4.36. The van der Waals surface area contributed by atoms with Crippen LogP contribution in [0.2, 0.25) is 0 Å². The van der Waals surface area contributed by atoms with Gasteiger partial charge in [-0.2, -0.15) is 13.2 Å². The minimum absolute atomic E-state index is 0.194. The lowest BCUT2D eigenvalue weighted by atomic mass is 10.2. The number of rotatable bonds is 2. The number of nitrogens with zero attached hydrogens (tertiary/aromatic N) is 1. The number of halogens is 6. The molecule has 102 valence electrons. The molecule has 0 aliphatic rings. The molecule has 10 heteroatoms. The molecule has 0 radical (unpaired) electrons. The monoisotopic (exact) mass is 275 g/mol. The molecule has 0 spiro atoms. The van der Waals surface area contributed by atoms with E-state index in [4.69, 9.17) is 11.5 Å². The number of alkyl halides is 6. The number of hydrogen-bond donors (Lipinski definition) is 2. The number of anilines is 1. The summed E-state index contributed by atoms with van der Waals surface area (Å²) in [6.45, 7) is -0.418. The molecule has 4 N–H and O–H groups in total. The van der Waals surface area contributed by atoms with E-state index in [-0.39, 0.29) is 11.9 Å². The molecular formula is C8H7F6N3O. The lowest BCUT2D eigenvalue weighted by molar-refractivity contribution is -0.276. The zero-order chi connectivity index (χ0) is 14.1. The smallest absolute Gasteiger partial charge is 0.403 e. The van der Waals surface area contributed by atoms with Gasteiger partial charge in [0, 0.05) is 12.7 Å². The van der Waals surface area contributed by atoms with Crippen LogP contribution in [0, 0.1) is 0 Å². The molecule has 0 aliphatic heterocycles. The normalized spacial score (nSPS) is 12.6. The second-order valence-electron chi connectivity index (χ2n) is 3.11. The van der Waals surface area contributed by atoms with Crippen molar-refractivity contribution in [3.8, 4) is 5.75 Å². The summed E-state index contributed by atoms with van der Waals surface area (Å²) < 4.78 is 76.8. The number of pyridine rings is 1. The summed E-state index contributed by atoms with van der Waals surface area (Å²) in [6, 6.07) is 0. The van der Waals surface area contributed by atoms with E-state index in [1.807, 2.05) is 0 Å². The van der Waals surface area contributed by atoms with Crippen molar-refractivity contribution in [1.82, 2.24) is 4.98 Å². The zero-order valence-corrected chi connectivity index (χ0v) is 8.56. The van der Waals surface area contributed by atoms with E-state index >= 15 is 0 Å². The van der Waals surface area contributed by atoms with Crippen molar-refractivity contribution < 1.29 is 31.1 Å². The third-order valence-corrected chi connectivity index (χ3v) is 1.87. The second kappa shape index (κ2) is 4.52. The predicted octanol–water partition coefficient (Wildman–Crippen LogP) is 2.04. The molecule has 0 atom stereocenters. The Morgan fingerprint density at radius 2 is 1.72 bits per heavy atom. The van der Waals surface area contributed by atoms with E-state index in [1.54, 1.807) is 0 Å². The highest BCUT2D eigenvalue weighted by Crippen LogP contribution is 2.42. The highest BCUT2D eigenvalue weighted by Gasteiger charge is 2.41. The van der Waals surface area contributed by atoms with Gasteiger partial charge in [-0.15, -0.1) is 13.2 Å². The van der Waals surface area contributed by atoms with Gasteiger partial charge in [-0.3, -0.25) is 4.98 Å². The molecule has 0 unspecified atom stereocenters. The van der Waals surface area contributed by atoms with Crippen LogP contribution in [-0.4, -0.2) is 11.3 Å². The van der Waals surface area contributed by atoms with Crippen LogP contribution in [0.4, 0.5) is 32.0 Å². The predicted molar refractivity (Wildman–Crippen MR) is 48.2 cm³/mol. The molecule has 0 fully saturated rings. The maximum absolute atomic E-state index is 12.5. The molecule has 1 rings (SSSR count). The van der Waals surface area contributed by atoms with Crippen molar-refractivity contribution in [3.63, 3.8) is 0 Å². The Kier molecular flexibility index (Phi) is 3.60. The molecule has 0 aromatic carbocycles. The van der Waals surface area contributed by atoms with Crippen molar-refractivity contribution in [2.75, 3.05) is 5.73 Å². The fourth-order valence-electron chi connectivity index (χ4n) is 1.14. The van der Waals surface area contributed by atoms with Crippen molar-refractivity contribution >= 4 is 5.69 Å². The third-order valence-electron chi connectivity index (χ3n) is 1.87. The molecule has 0 saturated carbocycles. The summed E-state index contributed by atoms with van der Waals surface area (Å²) in [5.74, 6) is -1.54. The Labute approximate surface area is 96.5 Å². The van der Waals surface area contributed by atoms with Gasteiger partial charge in [0.15, 0.2) is 5.75 Å². The van der Waals surface area contributed by atoms with Crippen LogP contribution in [-0.2, 0) is 12.7 Å². The van der Waals surface area contributed by atoms with E-state index in [0.717, 1.165) is 0 Å². The highest BCUT2D eigenvalue weighted by atomic mass is 19.4. The van der Waals surface area contributed by atoms with Crippen molar-refractivity contribution in [2.45, 2.75) is 19.1 Å². The van der Waals surface area contributed by atoms with E-state index in [1.165, 1.54) is 0 Å². The van der Waals surface area contributed by atoms with Gasteiger partial charge in [-0.1, -0.05) is 0 Å². The molecule has 4 nitrogen and oxygen atoms in total. The minimum Gasteiger partial charge on any atom is -0.403 e. The first-order valence-corrected chi connectivity index (χ1v) is 4.36. The van der Waals surface area contributed by atoms with E-state index in [9.17, 15) is 26.3 Å². The van der Waals surface area contributed by atoms with Gasteiger partial charge in [0.25, 0.3) is 0 Å². The quantitative estimate of drug-likeness (QED) is 0.810. The molecule has 0 saturated heterocycles. The SMILES string of the molecule is NCc1ncc(C(F)(F)F)c(OC(F)(F)F)c1N. The lowest BCUT2D eigenvalue weighted by Crippen LogP contribution is -2.22. The summed E-state index contributed by atoms with van der Waals surface area (Å²) >= 11 is 0. The van der Waals surface area contributed by atoms with Gasteiger partial charge < -0.3 is 16.2 Å². The number of nitrogens with two attached hydrogens (primary N) is 2. The molecule has 0 bridgehead atoms. The van der Waals surface area contributed by atoms with Gasteiger partial charge in [0.1, 0.15) is 5.56 Å². The third kappa shape index (κ3) is 3.15. The Morgan fingerprint density at radius 3 is 2.11 bits per heavy atom. The van der Waals surface area contributed by atoms with Crippen molar-refractivity contribution in [3.05, 3.63) is 17.5 Å². The summed E-state index contributed by atoms with van der Waals surface area (Å²) in [4.78, 5) is 3.24. The number of ether oxygens (including phenoxy) is 1. The zero-order valence-electron chi connectivity index (χ0n) is 8.56. The van der Waals surface area contributed by atoms with Gasteiger partial charge >= 0.3 is 12.5 Å². The standard InChI is InChI=1S/C8H7F6N3O/c9-7(10,11)3-2-17-4(1-15)5(16)6(3)18-8(12,13)14/h2H,1,15-16H2. The van der Waals surface area contributed by atoms with E-state index < -0.39 is 36.1 Å². The van der Waals surface area contributed by atoms with Crippen LogP contribution in [0.3, 0.4) is 0 Å². The van der Waals surface area contributed by atoms with E-state index in [2.05, 4.69) is 9.72 Å². The van der Waals surface area contributed by atoms with E-state index in [0.29, 0.717) is 0 Å². The fourth-order valence-corrected chi connectivity index (χ4v) is 1.14. The average molecular weight is 275 g/mol. The number of nitrogen functional groups attached to an aromatic ring is 1. The summed E-state index contributed by atoms with van der Waals surface area (Å²) in [6.07, 6.45) is -10.2. The molecule has 18 heavy (non-hydrogen) atoms. The van der Waals surface area contributed by atoms with Crippen molar-refractivity contribution in [1.29, 1.82) is 0 Å². The molecule has 0 aliphatic carbocycles. The maximum atomic E-state index is 12.5. The largest absolute Gasteiger partial charge is 0.573 e. The number of hydrogen-bond acceptors (Lipinski definition) is 4. The van der Waals surface area contributed by atoms with Gasteiger partial charge in [-0.05, 0) is 0 Å². The Balaban J connectivity index is 3.41. The summed E-state index contributed by atoms with van der Waals surface area (Å²) in [7, 11) is 0. The average Bonchev–Trinajstić information content (AvgIpc) is 2.17. The lowest BCUT2D eigenvalue weighted by Gasteiger charge is -2.18. The van der Waals surface area contributed by atoms with Crippen LogP contribution >= 0.6 is 0 Å². The fraction of sp³-hybridized carbons (Fsp3) is 0.375. The molecule has 1 aromatic rings. The molecule has 0 amide bonds. The van der Waals surface area contributed by atoms with Crippen LogP contribution < -0.4 is 16.2 Å². The first-order chi connectivity index (χ1) is 8.06. The van der Waals surface area contributed by atoms with Crippen LogP contribution in [0.5, 0.6) is 5.75 Å². The highest BCUT2D eigenvalue weighted by molar-refractivity contribution is 5.60. The first kappa shape index (κ1) is 14.4. The molecular weight excluding hydrogens is 268 g/mol. The Morgan fingerprint density at radius 1 is 1.17 bits per heavy atom. The summed E-state index contributed by atoms with van der Waals surface area (Å²) in [5.41, 5.74) is 7.30. The summed E-state index contributed by atoms with van der Waals surface area (Å²) in [5, 5.41) is 0. The Hall–Kier alpha value is -1.71. The minimum atomic E-state index is -5.30. The molecule has 1 aromatic heterocycles. The second-order valence-corrected chi connectivity index (χ2v) is 3.11. The van der Waals surface area contributed by atoms with Gasteiger partial charge in [0.05, 0.1) is 11.4 Å². The van der Waals surface area contributed by atoms with Gasteiger partial charge in [-0.25, -0.2) is 0 Å².